The van der Waals surface area contributed by atoms with Crippen molar-refractivity contribution < 1.29 is 19.5 Å². The first-order valence-electron chi connectivity index (χ1n) is 6.12. The predicted octanol–water partition coefficient (Wildman–Crippen LogP) is 0.962. The van der Waals surface area contributed by atoms with Gasteiger partial charge in [-0.1, -0.05) is 20.3 Å². The van der Waals surface area contributed by atoms with Crippen LogP contribution in [0, 0.1) is 5.41 Å². The maximum absolute atomic E-state index is 12.3. The summed E-state index contributed by atoms with van der Waals surface area (Å²) in [6.07, 6.45) is 3.04. The number of amides is 3. The number of carbonyl (C=O) groups excluding carboxylic acids is 2. The fourth-order valence-corrected chi connectivity index (χ4v) is 3.11. The maximum atomic E-state index is 12.3. The van der Waals surface area contributed by atoms with E-state index in [9.17, 15) is 14.4 Å². The Kier molecular flexibility index (Phi) is 2.83. The quantitative estimate of drug-likeness (QED) is 0.719. The number of carboxylic acid groups (broad SMARTS) is 1. The summed E-state index contributed by atoms with van der Waals surface area (Å²) in [5, 5.41) is 11.4. The third kappa shape index (κ3) is 2.07. The molecule has 100 valence electrons. The number of urea groups is 1. The lowest BCUT2D eigenvalue weighted by molar-refractivity contribution is -0.143. The van der Waals surface area contributed by atoms with Gasteiger partial charge in [0, 0.05) is 0 Å². The van der Waals surface area contributed by atoms with Crippen molar-refractivity contribution in [3.8, 4) is 0 Å². The van der Waals surface area contributed by atoms with Crippen molar-refractivity contribution in [2.24, 2.45) is 5.41 Å². The fraction of sp³-hybridized carbons (Fsp3) is 0.750. The molecule has 18 heavy (non-hydrogen) atoms. The first-order valence-corrected chi connectivity index (χ1v) is 6.12. The van der Waals surface area contributed by atoms with E-state index in [0.717, 1.165) is 17.7 Å². The van der Waals surface area contributed by atoms with Gasteiger partial charge in [-0.15, -0.1) is 0 Å². The van der Waals surface area contributed by atoms with Crippen LogP contribution in [0.2, 0.25) is 0 Å². The van der Waals surface area contributed by atoms with Crippen molar-refractivity contribution in [1.29, 1.82) is 0 Å². The van der Waals surface area contributed by atoms with Crippen LogP contribution in [0.5, 0.6) is 0 Å². The minimum atomic E-state index is -1.18. The Labute approximate surface area is 105 Å². The van der Waals surface area contributed by atoms with Crippen LogP contribution >= 0.6 is 0 Å². The van der Waals surface area contributed by atoms with Gasteiger partial charge in [0.25, 0.3) is 5.91 Å². The summed E-state index contributed by atoms with van der Waals surface area (Å²) in [4.78, 5) is 35.5. The predicted molar refractivity (Wildman–Crippen MR) is 62.9 cm³/mol. The van der Waals surface area contributed by atoms with Crippen molar-refractivity contribution in [1.82, 2.24) is 10.2 Å². The summed E-state index contributed by atoms with van der Waals surface area (Å²) in [6.45, 7) is 3.56. The van der Waals surface area contributed by atoms with E-state index in [2.05, 4.69) is 19.2 Å². The molecule has 0 bridgehead atoms. The Bertz CT molecular complexity index is 418. The van der Waals surface area contributed by atoms with Crippen LogP contribution in [0.4, 0.5) is 4.79 Å². The molecule has 6 heteroatoms. The fourth-order valence-electron chi connectivity index (χ4n) is 3.11. The molecule has 1 aliphatic carbocycles. The largest absolute Gasteiger partial charge is 0.480 e. The highest BCUT2D eigenvalue weighted by molar-refractivity contribution is 6.08. The number of carbonyl (C=O) groups is 3. The van der Waals surface area contributed by atoms with Crippen molar-refractivity contribution in [2.75, 3.05) is 6.54 Å². The van der Waals surface area contributed by atoms with Crippen LogP contribution in [-0.4, -0.2) is 40.0 Å². The lowest BCUT2D eigenvalue weighted by Gasteiger charge is -2.40. The molecule has 1 heterocycles. The van der Waals surface area contributed by atoms with E-state index in [1.807, 2.05) is 0 Å². The normalized spacial score (nSPS) is 30.7. The molecule has 2 fully saturated rings. The molecule has 0 unspecified atom stereocenters. The van der Waals surface area contributed by atoms with Crippen molar-refractivity contribution in [2.45, 2.75) is 45.1 Å². The highest BCUT2D eigenvalue weighted by Gasteiger charge is 2.54. The molecule has 1 saturated heterocycles. The second kappa shape index (κ2) is 3.96. The van der Waals surface area contributed by atoms with E-state index < -0.39 is 24.1 Å². The molecule has 1 saturated carbocycles. The van der Waals surface area contributed by atoms with E-state index >= 15 is 0 Å². The van der Waals surface area contributed by atoms with Gasteiger partial charge in [0.15, 0.2) is 0 Å². The molecular formula is C12H18N2O4. The van der Waals surface area contributed by atoms with Gasteiger partial charge in [0.2, 0.25) is 0 Å². The van der Waals surface area contributed by atoms with Gasteiger partial charge in [-0.25, -0.2) is 4.79 Å². The zero-order valence-electron chi connectivity index (χ0n) is 10.7. The molecule has 0 radical (unpaired) electrons. The molecular weight excluding hydrogens is 236 g/mol. The zero-order chi connectivity index (χ0) is 13.6. The number of nitrogens with one attached hydrogen (secondary N) is 1. The van der Waals surface area contributed by atoms with Gasteiger partial charge < -0.3 is 10.4 Å². The van der Waals surface area contributed by atoms with E-state index in [-0.39, 0.29) is 11.3 Å². The van der Waals surface area contributed by atoms with Crippen molar-refractivity contribution >= 4 is 17.9 Å². The minimum Gasteiger partial charge on any atom is -0.480 e. The molecule has 3 amide bonds. The molecule has 1 aliphatic heterocycles. The van der Waals surface area contributed by atoms with Crippen LogP contribution in [0.15, 0.2) is 0 Å². The Morgan fingerprint density at radius 2 is 2.06 bits per heavy atom. The standard InChI is InChI=1S/C12H18N2O4/c1-11(2)4-3-5-12(7-11)9(17)14(6-8(15)16)10(18)13-12/h3-7H2,1-2H3,(H,13,18)(H,15,16)/t12-/m1/s1. The van der Waals surface area contributed by atoms with E-state index in [4.69, 9.17) is 5.11 Å². The number of hydrogen-bond donors (Lipinski definition) is 2. The Hall–Kier alpha value is -1.59. The minimum absolute atomic E-state index is 0.0135. The molecule has 1 spiro atoms. The van der Waals surface area contributed by atoms with Gasteiger partial charge in [-0.2, -0.15) is 0 Å². The monoisotopic (exact) mass is 254 g/mol. The van der Waals surface area contributed by atoms with Crippen LogP contribution in [0.3, 0.4) is 0 Å². The number of imide groups is 1. The SMILES string of the molecule is CC1(C)CCC[C@]2(C1)NC(=O)N(CC(=O)O)C2=O. The lowest BCUT2D eigenvalue weighted by Crippen LogP contribution is -2.52. The smallest absolute Gasteiger partial charge is 0.325 e. The topological polar surface area (TPSA) is 86.7 Å². The Morgan fingerprint density at radius 1 is 1.39 bits per heavy atom. The van der Waals surface area contributed by atoms with Gasteiger partial charge in [0.1, 0.15) is 12.1 Å². The average Bonchev–Trinajstić information content (AvgIpc) is 2.41. The number of hydrogen-bond acceptors (Lipinski definition) is 3. The lowest BCUT2D eigenvalue weighted by atomic mass is 9.68. The van der Waals surface area contributed by atoms with Crippen LogP contribution in [0.25, 0.3) is 0 Å². The highest BCUT2D eigenvalue weighted by atomic mass is 16.4. The number of carboxylic acids is 1. The highest BCUT2D eigenvalue weighted by Crippen LogP contribution is 2.43. The second-order valence-corrected chi connectivity index (χ2v) is 5.99. The maximum Gasteiger partial charge on any atom is 0.325 e. The summed E-state index contributed by atoms with van der Waals surface area (Å²) >= 11 is 0. The second-order valence-electron chi connectivity index (χ2n) is 5.99. The summed E-state index contributed by atoms with van der Waals surface area (Å²) in [6, 6.07) is -0.583. The van der Waals surface area contributed by atoms with Crippen molar-refractivity contribution in [3.63, 3.8) is 0 Å². The molecule has 0 aromatic heterocycles. The van der Waals surface area contributed by atoms with Crippen molar-refractivity contribution in [3.05, 3.63) is 0 Å². The Morgan fingerprint density at radius 3 is 2.61 bits per heavy atom. The van der Waals surface area contributed by atoms with Crippen LogP contribution in [-0.2, 0) is 9.59 Å². The van der Waals surface area contributed by atoms with E-state index in [1.165, 1.54) is 0 Å². The van der Waals surface area contributed by atoms with Gasteiger partial charge >= 0.3 is 12.0 Å². The van der Waals surface area contributed by atoms with E-state index in [0.29, 0.717) is 12.8 Å². The summed E-state index contributed by atoms with van der Waals surface area (Å²) in [7, 11) is 0. The number of rotatable bonds is 2. The summed E-state index contributed by atoms with van der Waals surface area (Å²) in [5.74, 6) is -1.56. The number of aliphatic carboxylic acids is 1. The van der Waals surface area contributed by atoms with E-state index in [1.54, 1.807) is 0 Å². The molecule has 2 rings (SSSR count). The van der Waals surface area contributed by atoms with Gasteiger partial charge in [-0.3, -0.25) is 14.5 Å². The van der Waals surface area contributed by atoms with Gasteiger partial charge in [0.05, 0.1) is 0 Å². The van der Waals surface area contributed by atoms with Gasteiger partial charge in [-0.05, 0) is 24.7 Å². The molecule has 1 atom stereocenters. The third-order valence-corrected chi connectivity index (χ3v) is 3.78. The number of nitrogens with zero attached hydrogens (tertiary/aromatic N) is 1. The third-order valence-electron chi connectivity index (χ3n) is 3.78. The molecule has 0 aromatic carbocycles. The average molecular weight is 254 g/mol. The molecule has 0 aromatic rings. The summed E-state index contributed by atoms with van der Waals surface area (Å²) in [5.41, 5.74) is -0.894. The van der Waals surface area contributed by atoms with Crippen LogP contribution in [0.1, 0.15) is 39.5 Å². The van der Waals surface area contributed by atoms with Crippen LogP contribution < -0.4 is 5.32 Å². The zero-order valence-corrected chi connectivity index (χ0v) is 10.7. The Balaban J connectivity index is 2.23. The summed E-state index contributed by atoms with van der Waals surface area (Å²) < 4.78 is 0. The molecule has 6 nitrogen and oxygen atoms in total. The molecule has 2 aliphatic rings. The first kappa shape index (κ1) is 12.9. The molecule has 2 N–H and O–H groups in total. The first-order chi connectivity index (χ1) is 8.26.